The van der Waals surface area contributed by atoms with Crippen molar-refractivity contribution in [3.8, 4) is 66.8 Å². The molecule has 312 valence electrons. The van der Waals surface area contributed by atoms with E-state index < -0.39 is 8.80 Å². The monoisotopic (exact) mass is 856 g/mol. The molecule has 0 aromatic heterocycles. The second-order valence-electron chi connectivity index (χ2n) is 20.4. The van der Waals surface area contributed by atoms with Crippen LogP contribution in [0.15, 0.2) is 194 Å². The zero-order chi connectivity index (χ0) is 44.2. The predicted molar refractivity (Wildman–Crippen MR) is 286 cm³/mol. The topological polar surface area (TPSA) is 0 Å². The molecule has 0 N–H and O–H groups in total. The fraction of sp³-hybridized carbons (Fsp3) is 0.108. The van der Waals surface area contributed by atoms with Gasteiger partial charge in [-0.25, -0.2) is 0 Å². The van der Waals surface area contributed by atoms with Gasteiger partial charge in [0.15, 0.2) is 0 Å². The van der Waals surface area contributed by atoms with Gasteiger partial charge in [0.25, 0.3) is 0 Å². The molecular formula is C65H48Si. The maximum atomic E-state index is 2.65. The van der Waals surface area contributed by atoms with E-state index in [4.69, 9.17) is 0 Å². The van der Waals surface area contributed by atoms with Gasteiger partial charge >= 0.3 is 0 Å². The molecule has 0 bridgehead atoms. The van der Waals surface area contributed by atoms with Gasteiger partial charge in [0, 0.05) is 10.8 Å². The highest BCUT2D eigenvalue weighted by Gasteiger charge is 2.38. The molecule has 0 saturated heterocycles. The Morgan fingerprint density at radius 1 is 0.288 bits per heavy atom. The summed E-state index contributed by atoms with van der Waals surface area (Å²) in [5.74, 6) is 0. The molecule has 1 unspecified atom stereocenters. The summed E-state index contributed by atoms with van der Waals surface area (Å²) in [6.45, 7) is 12.2. The quantitative estimate of drug-likeness (QED) is 0.0943. The van der Waals surface area contributed by atoms with Crippen molar-refractivity contribution in [2.24, 2.45) is 0 Å². The Morgan fingerprint density at radius 3 is 1.36 bits per heavy atom. The summed E-state index contributed by atoms with van der Waals surface area (Å²) in [5, 5.41) is 13.6. The first kappa shape index (κ1) is 38.0. The Bertz CT molecular complexity index is 3950. The Hall–Kier alpha value is -7.32. The van der Waals surface area contributed by atoms with Gasteiger partial charge in [-0.1, -0.05) is 204 Å². The van der Waals surface area contributed by atoms with Gasteiger partial charge in [0.2, 0.25) is 0 Å². The maximum Gasteiger partial charge on any atom is 0.101 e. The van der Waals surface area contributed by atoms with E-state index in [0.29, 0.717) is 0 Å². The molecule has 3 aliphatic rings. The number of hydrogen-bond acceptors (Lipinski definition) is 0. The summed E-state index contributed by atoms with van der Waals surface area (Å²) in [6.07, 6.45) is 0. The van der Waals surface area contributed by atoms with Crippen molar-refractivity contribution in [2.45, 2.75) is 45.1 Å². The summed E-state index contributed by atoms with van der Waals surface area (Å²) in [6, 6.07) is 74.9. The second-order valence-corrected chi connectivity index (χ2v) is 23.0. The van der Waals surface area contributed by atoms with Gasteiger partial charge < -0.3 is 0 Å². The minimum atomic E-state index is -1.62. The van der Waals surface area contributed by atoms with Crippen LogP contribution in [0.3, 0.4) is 0 Å². The van der Waals surface area contributed by atoms with E-state index in [1.54, 1.807) is 5.19 Å². The third-order valence-corrected chi connectivity index (χ3v) is 19.1. The lowest BCUT2D eigenvalue weighted by Crippen LogP contribution is -2.34. The molecule has 14 rings (SSSR count). The van der Waals surface area contributed by atoms with E-state index in [9.17, 15) is 0 Å². The Balaban J connectivity index is 1.03. The van der Waals surface area contributed by atoms with Crippen molar-refractivity contribution >= 4 is 62.3 Å². The molecule has 11 aromatic carbocycles. The molecule has 1 heteroatoms. The number of hydrogen-bond donors (Lipinski definition) is 0. The molecule has 2 aliphatic carbocycles. The lowest BCUT2D eigenvalue weighted by atomic mass is 9.79. The van der Waals surface area contributed by atoms with Crippen LogP contribution in [0.4, 0.5) is 0 Å². The molecule has 66 heavy (non-hydrogen) atoms. The molecule has 1 aliphatic heterocycles. The van der Waals surface area contributed by atoms with Crippen LogP contribution >= 0.6 is 0 Å². The molecule has 0 amide bonds. The molecule has 0 nitrogen and oxygen atoms in total. The average molecular weight is 857 g/mol. The third-order valence-electron chi connectivity index (χ3n) is 16.3. The first-order valence-electron chi connectivity index (χ1n) is 23.7. The highest BCUT2D eigenvalue weighted by Crippen LogP contribution is 2.54. The van der Waals surface area contributed by atoms with E-state index in [-0.39, 0.29) is 10.8 Å². The van der Waals surface area contributed by atoms with Crippen molar-refractivity contribution < 1.29 is 0 Å². The molecule has 1 heterocycles. The van der Waals surface area contributed by atoms with Crippen molar-refractivity contribution in [3.63, 3.8) is 0 Å². The fourth-order valence-corrected chi connectivity index (χ4v) is 15.6. The van der Waals surface area contributed by atoms with Crippen LogP contribution in [-0.4, -0.2) is 8.80 Å². The smallest absolute Gasteiger partial charge is 0.0641 e. The van der Waals surface area contributed by atoms with E-state index in [1.165, 1.54) is 137 Å². The van der Waals surface area contributed by atoms with Crippen molar-refractivity contribution in [1.29, 1.82) is 0 Å². The largest absolute Gasteiger partial charge is 0.101 e. The van der Waals surface area contributed by atoms with Gasteiger partial charge in [0.1, 0.15) is 8.80 Å². The van der Waals surface area contributed by atoms with Gasteiger partial charge in [0.05, 0.1) is 0 Å². The third kappa shape index (κ3) is 5.04. The lowest BCUT2D eigenvalue weighted by Gasteiger charge is -2.24. The summed E-state index contributed by atoms with van der Waals surface area (Å²) >= 11 is 0. The number of rotatable bonds is 3. The molecule has 11 aromatic rings. The lowest BCUT2D eigenvalue weighted by molar-refractivity contribution is 0.660. The average Bonchev–Trinajstić information content (AvgIpc) is 3.86. The zero-order valence-corrected chi connectivity index (χ0v) is 39.2. The molecule has 0 fully saturated rings. The first-order chi connectivity index (χ1) is 32.2. The number of benzene rings is 11. The number of fused-ring (bicyclic) bond motifs is 14. The van der Waals surface area contributed by atoms with Crippen molar-refractivity contribution in [2.75, 3.05) is 0 Å². The summed E-state index contributed by atoms with van der Waals surface area (Å²) in [5.41, 5.74) is 21.6. The van der Waals surface area contributed by atoms with Gasteiger partial charge in [-0.3, -0.25) is 0 Å². The van der Waals surface area contributed by atoms with Crippen LogP contribution in [0, 0.1) is 0 Å². The van der Waals surface area contributed by atoms with Crippen molar-refractivity contribution in [1.82, 2.24) is 0 Å². The van der Waals surface area contributed by atoms with Crippen LogP contribution in [-0.2, 0) is 10.8 Å². The normalized spacial score (nSPS) is 15.7. The van der Waals surface area contributed by atoms with Gasteiger partial charge in [-0.2, -0.15) is 0 Å². The molecule has 0 saturated carbocycles. The van der Waals surface area contributed by atoms with Crippen LogP contribution in [0.5, 0.6) is 0 Å². The highest BCUT2D eigenvalue weighted by molar-refractivity contribution is 6.89. The van der Waals surface area contributed by atoms with Crippen LogP contribution in [0.2, 0.25) is 6.55 Å². The molecule has 1 atom stereocenters. The summed E-state index contributed by atoms with van der Waals surface area (Å²) in [7, 11) is -1.62. The van der Waals surface area contributed by atoms with Gasteiger partial charge in [-0.05, 0) is 167 Å². The highest BCUT2D eigenvalue weighted by atomic mass is 28.3. The maximum absolute atomic E-state index is 2.65. The van der Waals surface area contributed by atoms with Gasteiger partial charge in [-0.15, -0.1) is 0 Å². The van der Waals surface area contributed by atoms with E-state index in [0.717, 1.165) is 0 Å². The second kappa shape index (κ2) is 13.4. The Kier molecular flexibility index (Phi) is 7.70. The fourth-order valence-electron chi connectivity index (χ4n) is 13.0. The van der Waals surface area contributed by atoms with Crippen LogP contribution < -0.4 is 10.4 Å². The summed E-state index contributed by atoms with van der Waals surface area (Å²) in [4.78, 5) is 0. The molecule has 0 spiro atoms. The van der Waals surface area contributed by atoms with Crippen LogP contribution in [0.25, 0.3) is 110 Å². The van der Waals surface area contributed by atoms with Crippen molar-refractivity contribution in [3.05, 3.63) is 216 Å². The SMILES string of the molecule is C[SiH]1c2cc(-c3cc4ccccc4c4ccccc34)ccc2-c2cc3c(-c4ccc5c(c4)C(C)(C)c4ccccc4-5)c4ccccc4c(-c4ccc5c(c4)C(C)(C)c4ccccc4-5)c3cc21. The molecular weight excluding hydrogens is 809 g/mol. The minimum Gasteiger partial charge on any atom is -0.0641 e. The van der Waals surface area contributed by atoms with E-state index in [1.807, 2.05) is 0 Å². The van der Waals surface area contributed by atoms with E-state index in [2.05, 4.69) is 228 Å². The van der Waals surface area contributed by atoms with E-state index >= 15 is 0 Å². The minimum absolute atomic E-state index is 0.0966. The summed E-state index contributed by atoms with van der Waals surface area (Å²) < 4.78 is 0. The first-order valence-corrected chi connectivity index (χ1v) is 26.0. The molecule has 0 radical (unpaired) electrons. The predicted octanol–water partition coefficient (Wildman–Crippen LogP) is 15.9. The standard InChI is InChI=1S/C65H48Si/c1-64(2)56-24-14-12-20-45(56)47-29-27-40(33-58(47)64)62-50-22-10-11-23-51(50)63(41-28-30-48-46-21-13-15-25-57(46)65(3,4)59(48)34-41)55-37-61-53(36-54(55)62)49-31-26-39(35-60(49)66(61)5)52-32-38-16-6-7-17-42(38)43-18-8-9-19-44(43)52/h6-37,66H,1-5H3. The Labute approximate surface area is 388 Å². The zero-order valence-electron chi connectivity index (χ0n) is 38.1. The Morgan fingerprint density at radius 2 is 0.742 bits per heavy atom. The van der Waals surface area contributed by atoms with Crippen LogP contribution in [0.1, 0.15) is 49.9 Å².